The molecule has 0 bridgehead atoms. The quantitative estimate of drug-likeness (QED) is 0.590. The number of hydrogen-bond acceptors (Lipinski definition) is 4. The van der Waals surface area contributed by atoms with Gasteiger partial charge in [-0.25, -0.2) is 13.1 Å². The monoisotopic (exact) mass is 364 g/mol. The van der Waals surface area contributed by atoms with E-state index in [1.54, 1.807) is 22.8 Å². The molecule has 4 aromatic rings. The summed E-state index contributed by atoms with van der Waals surface area (Å²) >= 11 is 0. The lowest BCUT2D eigenvalue weighted by Gasteiger charge is -2.10. The number of fused-ring (bicyclic) bond motifs is 1. The van der Waals surface area contributed by atoms with Gasteiger partial charge in [0.1, 0.15) is 6.33 Å². The van der Waals surface area contributed by atoms with E-state index < -0.39 is 10.0 Å². The largest absolute Gasteiger partial charge is 0.295 e. The van der Waals surface area contributed by atoms with Gasteiger partial charge in [0, 0.05) is 0 Å². The number of nitrogens with zero attached hydrogens (tertiary/aromatic N) is 3. The van der Waals surface area contributed by atoms with Crippen molar-refractivity contribution in [3.63, 3.8) is 0 Å². The fourth-order valence-corrected chi connectivity index (χ4v) is 3.79. The van der Waals surface area contributed by atoms with Gasteiger partial charge in [0.2, 0.25) is 5.95 Å². The molecule has 26 heavy (non-hydrogen) atoms. The molecule has 1 heterocycles. The number of benzene rings is 3. The maximum atomic E-state index is 12.8. The Labute approximate surface area is 151 Å². The maximum Gasteiger partial charge on any atom is 0.264 e. The summed E-state index contributed by atoms with van der Waals surface area (Å²) in [7, 11) is -3.76. The fourth-order valence-electron chi connectivity index (χ4n) is 2.74. The summed E-state index contributed by atoms with van der Waals surface area (Å²) < 4.78 is 29.7. The molecule has 130 valence electrons. The molecule has 6 nitrogen and oxygen atoms in total. The van der Waals surface area contributed by atoms with Crippen LogP contribution in [-0.4, -0.2) is 23.2 Å². The SMILES string of the molecule is O=S(=O)(Nc1nncn1Cc1ccccc1)c1ccc2ccccc2c1. The van der Waals surface area contributed by atoms with Crippen molar-refractivity contribution in [2.24, 2.45) is 0 Å². The third-order valence-corrected chi connectivity index (χ3v) is 5.39. The van der Waals surface area contributed by atoms with E-state index in [4.69, 9.17) is 0 Å². The Bertz CT molecular complexity index is 1150. The highest BCUT2D eigenvalue weighted by molar-refractivity contribution is 7.92. The van der Waals surface area contributed by atoms with Crippen LogP contribution in [0, 0.1) is 0 Å². The Hall–Kier alpha value is -3.19. The van der Waals surface area contributed by atoms with Gasteiger partial charge in [-0.1, -0.05) is 60.7 Å². The second-order valence-corrected chi connectivity index (χ2v) is 7.56. The molecule has 0 fully saturated rings. The first-order valence-corrected chi connectivity index (χ1v) is 9.53. The van der Waals surface area contributed by atoms with Gasteiger partial charge in [-0.05, 0) is 28.5 Å². The molecule has 0 atom stereocenters. The van der Waals surface area contributed by atoms with Crippen molar-refractivity contribution in [2.45, 2.75) is 11.4 Å². The first-order chi connectivity index (χ1) is 12.6. The molecule has 4 rings (SSSR count). The average molecular weight is 364 g/mol. The van der Waals surface area contributed by atoms with Crippen LogP contribution in [0.2, 0.25) is 0 Å². The summed E-state index contributed by atoms with van der Waals surface area (Å²) in [6.07, 6.45) is 1.51. The molecule has 0 unspecified atom stereocenters. The van der Waals surface area contributed by atoms with Crippen molar-refractivity contribution in [1.82, 2.24) is 14.8 Å². The van der Waals surface area contributed by atoms with E-state index in [1.807, 2.05) is 54.6 Å². The van der Waals surface area contributed by atoms with Crippen molar-refractivity contribution < 1.29 is 8.42 Å². The van der Waals surface area contributed by atoms with Crippen LogP contribution >= 0.6 is 0 Å². The minimum Gasteiger partial charge on any atom is -0.295 e. The molecule has 0 aliphatic rings. The van der Waals surface area contributed by atoms with E-state index >= 15 is 0 Å². The van der Waals surface area contributed by atoms with Gasteiger partial charge in [-0.3, -0.25) is 4.57 Å². The molecule has 0 radical (unpaired) electrons. The molecule has 1 aromatic heterocycles. The molecule has 0 aliphatic carbocycles. The predicted molar refractivity (Wildman–Crippen MR) is 100 cm³/mol. The fraction of sp³-hybridized carbons (Fsp3) is 0.0526. The number of rotatable bonds is 5. The number of sulfonamides is 1. The van der Waals surface area contributed by atoms with Crippen LogP contribution in [0.1, 0.15) is 5.56 Å². The first-order valence-electron chi connectivity index (χ1n) is 8.05. The van der Waals surface area contributed by atoms with Gasteiger partial charge in [-0.2, -0.15) is 0 Å². The van der Waals surface area contributed by atoms with Crippen molar-refractivity contribution in [3.8, 4) is 0 Å². The highest BCUT2D eigenvalue weighted by Gasteiger charge is 2.18. The van der Waals surface area contributed by atoms with Crippen molar-refractivity contribution in [3.05, 3.63) is 84.7 Å². The van der Waals surface area contributed by atoms with E-state index in [9.17, 15) is 8.42 Å². The molecule has 1 N–H and O–H groups in total. The van der Waals surface area contributed by atoms with Crippen LogP contribution in [0.5, 0.6) is 0 Å². The maximum absolute atomic E-state index is 12.8. The summed E-state index contributed by atoms with van der Waals surface area (Å²) in [5, 5.41) is 9.59. The number of aromatic nitrogens is 3. The summed E-state index contributed by atoms with van der Waals surface area (Å²) in [5.74, 6) is 0.182. The summed E-state index contributed by atoms with van der Waals surface area (Å²) in [6, 6.07) is 22.3. The lowest BCUT2D eigenvalue weighted by atomic mass is 10.1. The Kier molecular flexibility index (Phi) is 4.14. The van der Waals surface area contributed by atoms with Crippen molar-refractivity contribution in [1.29, 1.82) is 0 Å². The Morgan fingerprint density at radius 3 is 2.42 bits per heavy atom. The molecular weight excluding hydrogens is 348 g/mol. The van der Waals surface area contributed by atoms with Crippen LogP contribution in [0.15, 0.2) is 84.0 Å². The van der Waals surface area contributed by atoms with Gasteiger partial charge in [-0.15, -0.1) is 10.2 Å². The third-order valence-electron chi connectivity index (χ3n) is 4.07. The lowest BCUT2D eigenvalue weighted by molar-refractivity contribution is 0.600. The third kappa shape index (κ3) is 3.29. The molecule has 0 amide bonds. The predicted octanol–water partition coefficient (Wildman–Crippen LogP) is 3.28. The zero-order chi connectivity index (χ0) is 18.0. The molecular formula is C19H16N4O2S. The molecule has 0 spiro atoms. The van der Waals surface area contributed by atoms with Crippen molar-refractivity contribution in [2.75, 3.05) is 4.72 Å². The van der Waals surface area contributed by atoms with E-state index in [-0.39, 0.29) is 10.8 Å². The number of hydrogen-bond donors (Lipinski definition) is 1. The van der Waals surface area contributed by atoms with E-state index in [0.717, 1.165) is 16.3 Å². The highest BCUT2D eigenvalue weighted by atomic mass is 32.2. The highest BCUT2D eigenvalue weighted by Crippen LogP contribution is 2.21. The minimum atomic E-state index is -3.76. The molecule has 7 heteroatoms. The van der Waals surface area contributed by atoms with Gasteiger partial charge < -0.3 is 0 Å². The minimum absolute atomic E-state index is 0.182. The van der Waals surface area contributed by atoms with E-state index in [0.29, 0.717) is 6.54 Å². The van der Waals surface area contributed by atoms with Gasteiger partial charge in [0.05, 0.1) is 11.4 Å². The Morgan fingerprint density at radius 1 is 0.885 bits per heavy atom. The summed E-state index contributed by atoms with van der Waals surface area (Å²) in [4.78, 5) is 0.186. The second kappa shape index (κ2) is 6.61. The van der Waals surface area contributed by atoms with E-state index in [2.05, 4.69) is 14.9 Å². The smallest absolute Gasteiger partial charge is 0.264 e. The second-order valence-electron chi connectivity index (χ2n) is 5.88. The van der Waals surface area contributed by atoms with Crippen LogP contribution in [-0.2, 0) is 16.6 Å². The molecule has 0 aliphatic heterocycles. The summed E-state index contributed by atoms with van der Waals surface area (Å²) in [6.45, 7) is 0.476. The number of anilines is 1. The van der Waals surface area contributed by atoms with Gasteiger partial charge in [0.25, 0.3) is 10.0 Å². The van der Waals surface area contributed by atoms with Crippen LogP contribution in [0.25, 0.3) is 10.8 Å². The van der Waals surface area contributed by atoms with Crippen LogP contribution in [0.4, 0.5) is 5.95 Å². The van der Waals surface area contributed by atoms with Crippen LogP contribution < -0.4 is 4.72 Å². The van der Waals surface area contributed by atoms with Gasteiger partial charge >= 0.3 is 0 Å². The zero-order valence-electron chi connectivity index (χ0n) is 13.8. The average Bonchev–Trinajstić information content (AvgIpc) is 3.08. The Morgan fingerprint density at radius 2 is 1.62 bits per heavy atom. The number of nitrogens with one attached hydrogen (secondary N) is 1. The standard InChI is InChI=1S/C19H16N4O2S/c24-26(25,18-11-10-16-8-4-5-9-17(16)12-18)22-19-21-20-14-23(19)13-15-6-2-1-3-7-15/h1-12,14H,13H2,(H,21,22). The topological polar surface area (TPSA) is 76.9 Å². The van der Waals surface area contributed by atoms with E-state index in [1.165, 1.54) is 6.33 Å². The lowest BCUT2D eigenvalue weighted by Crippen LogP contribution is -2.17. The first kappa shape index (κ1) is 16.3. The molecule has 3 aromatic carbocycles. The van der Waals surface area contributed by atoms with Crippen molar-refractivity contribution >= 4 is 26.7 Å². The normalized spacial score (nSPS) is 11.5. The Balaban J connectivity index is 1.63. The van der Waals surface area contributed by atoms with Crippen LogP contribution in [0.3, 0.4) is 0 Å². The summed E-state index contributed by atoms with van der Waals surface area (Å²) in [5.41, 5.74) is 1.03. The zero-order valence-corrected chi connectivity index (χ0v) is 14.6. The van der Waals surface area contributed by atoms with Gasteiger partial charge in [0.15, 0.2) is 0 Å². The molecule has 0 saturated carbocycles. The molecule has 0 saturated heterocycles.